The quantitative estimate of drug-likeness (QED) is 0.857. The maximum absolute atomic E-state index is 11.0. The predicted molar refractivity (Wildman–Crippen MR) is 78.0 cm³/mol. The van der Waals surface area contributed by atoms with Crippen LogP contribution < -0.4 is 10.2 Å². The van der Waals surface area contributed by atoms with Crippen molar-refractivity contribution in [1.82, 2.24) is 9.97 Å². The number of carboxylic acid groups (broad SMARTS) is 1. The zero-order chi connectivity index (χ0) is 14.5. The Kier molecular flexibility index (Phi) is 4.76. The Morgan fingerprint density at radius 2 is 2.20 bits per heavy atom. The van der Waals surface area contributed by atoms with E-state index in [1.807, 2.05) is 6.07 Å². The fraction of sp³-hybridized carbons (Fsp3) is 0.643. The third kappa shape index (κ3) is 3.59. The number of nitrogens with one attached hydrogen (secondary N) is 1. The third-order valence-corrected chi connectivity index (χ3v) is 3.83. The Bertz CT molecular complexity index is 458. The van der Waals surface area contributed by atoms with Crippen LogP contribution in [-0.2, 0) is 4.79 Å². The fourth-order valence-corrected chi connectivity index (χ4v) is 2.31. The molecule has 1 atom stereocenters. The van der Waals surface area contributed by atoms with Crippen LogP contribution in [0.3, 0.4) is 0 Å². The van der Waals surface area contributed by atoms with Gasteiger partial charge in [-0.25, -0.2) is 9.97 Å². The summed E-state index contributed by atoms with van der Waals surface area (Å²) in [6, 6.07) is 2.31. The second-order valence-electron chi connectivity index (χ2n) is 5.31. The molecular formula is C14H22N4O2. The fourth-order valence-electron chi connectivity index (χ4n) is 2.31. The van der Waals surface area contributed by atoms with Gasteiger partial charge in [0.05, 0.1) is 5.92 Å². The molecule has 0 amide bonds. The maximum atomic E-state index is 11.0. The molecule has 6 nitrogen and oxygen atoms in total. The summed E-state index contributed by atoms with van der Waals surface area (Å²) in [5.74, 6) is 0.789. The van der Waals surface area contributed by atoms with E-state index in [1.165, 1.54) is 0 Å². The van der Waals surface area contributed by atoms with Gasteiger partial charge < -0.3 is 15.3 Å². The normalized spacial score (nSPS) is 17.8. The van der Waals surface area contributed by atoms with Crippen molar-refractivity contribution >= 4 is 17.6 Å². The van der Waals surface area contributed by atoms with Crippen LogP contribution in [0.1, 0.15) is 33.1 Å². The van der Waals surface area contributed by atoms with Crippen molar-refractivity contribution in [1.29, 1.82) is 0 Å². The molecule has 0 aromatic carbocycles. The lowest BCUT2D eigenvalue weighted by Gasteiger charge is -2.31. The highest BCUT2D eigenvalue weighted by molar-refractivity contribution is 5.70. The van der Waals surface area contributed by atoms with E-state index in [2.05, 4.69) is 34.0 Å². The van der Waals surface area contributed by atoms with Gasteiger partial charge in [-0.3, -0.25) is 4.79 Å². The first-order chi connectivity index (χ1) is 9.60. The second-order valence-corrected chi connectivity index (χ2v) is 5.31. The van der Waals surface area contributed by atoms with Gasteiger partial charge in [0, 0.05) is 25.2 Å². The number of carbonyl (C=O) groups is 1. The van der Waals surface area contributed by atoms with Crippen LogP contribution in [0.2, 0.25) is 0 Å². The summed E-state index contributed by atoms with van der Waals surface area (Å²) in [5.41, 5.74) is 0. The second kappa shape index (κ2) is 6.54. The third-order valence-electron chi connectivity index (χ3n) is 3.83. The Morgan fingerprint density at radius 3 is 2.80 bits per heavy atom. The van der Waals surface area contributed by atoms with E-state index in [0.717, 1.165) is 31.1 Å². The molecule has 0 bridgehead atoms. The molecule has 0 spiro atoms. The molecule has 0 aliphatic carbocycles. The van der Waals surface area contributed by atoms with Crippen molar-refractivity contribution in [2.45, 2.75) is 39.2 Å². The average molecular weight is 278 g/mol. The molecule has 0 saturated carbocycles. The lowest BCUT2D eigenvalue weighted by Crippen LogP contribution is -2.36. The predicted octanol–water partition coefficient (Wildman–Crippen LogP) is 1.99. The number of hydrogen-bond acceptors (Lipinski definition) is 5. The highest BCUT2D eigenvalue weighted by Crippen LogP contribution is 2.23. The summed E-state index contributed by atoms with van der Waals surface area (Å²) in [4.78, 5) is 21.6. The average Bonchev–Trinajstić information content (AvgIpc) is 2.47. The van der Waals surface area contributed by atoms with Crippen molar-refractivity contribution in [3.8, 4) is 0 Å². The van der Waals surface area contributed by atoms with Gasteiger partial charge in [0.2, 0.25) is 0 Å². The van der Waals surface area contributed by atoms with Gasteiger partial charge in [-0.1, -0.05) is 6.92 Å². The monoisotopic (exact) mass is 278 g/mol. The molecular weight excluding hydrogens is 256 g/mol. The smallest absolute Gasteiger partial charge is 0.306 e. The standard InChI is InChI=1S/C14H22N4O2/c1-3-10(2)17-12-8-13(16-9-15-12)18-6-4-11(5-7-18)14(19)20/h8-11H,3-7H2,1-2H3,(H,19,20)(H,15,16,17). The lowest BCUT2D eigenvalue weighted by atomic mass is 9.97. The van der Waals surface area contributed by atoms with Crippen molar-refractivity contribution < 1.29 is 9.90 Å². The summed E-state index contributed by atoms with van der Waals surface area (Å²) < 4.78 is 0. The molecule has 110 valence electrons. The van der Waals surface area contributed by atoms with Crippen LogP contribution in [0, 0.1) is 5.92 Å². The van der Waals surface area contributed by atoms with Crippen LogP contribution in [0.15, 0.2) is 12.4 Å². The molecule has 1 unspecified atom stereocenters. The molecule has 1 aliphatic heterocycles. The molecule has 2 rings (SSSR count). The molecule has 0 radical (unpaired) electrons. The number of carboxylic acids is 1. The summed E-state index contributed by atoms with van der Waals surface area (Å²) >= 11 is 0. The van der Waals surface area contributed by atoms with Crippen LogP contribution >= 0.6 is 0 Å². The van der Waals surface area contributed by atoms with Crippen molar-refractivity contribution in [3.63, 3.8) is 0 Å². The van der Waals surface area contributed by atoms with E-state index < -0.39 is 5.97 Å². The number of anilines is 2. The van der Waals surface area contributed by atoms with Crippen LogP contribution in [0.25, 0.3) is 0 Å². The molecule has 1 aliphatic rings. The molecule has 1 aromatic heterocycles. The zero-order valence-electron chi connectivity index (χ0n) is 12.0. The summed E-state index contributed by atoms with van der Waals surface area (Å²) in [6.07, 6.45) is 3.94. The molecule has 20 heavy (non-hydrogen) atoms. The SMILES string of the molecule is CCC(C)Nc1cc(N2CCC(C(=O)O)CC2)ncn1. The highest BCUT2D eigenvalue weighted by atomic mass is 16.4. The number of nitrogens with zero attached hydrogens (tertiary/aromatic N) is 3. The van der Waals surface area contributed by atoms with Gasteiger partial charge in [-0.2, -0.15) is 0 Å². The molecule has 2 N–H and O–H groups in total. The lowest BCUT2D eigenvalue weighted by molar-refractivity contribution is -0.142. The van der Waals surface area contributed by atoms with Gasteiger partial charge in [0.1, 0.15) is 18.0 Å². The minimum Gasteiger partial charge on any atom is -0.481 e. The molecule has 1 aromatic rings. The Morgan fingerprint density at radius 1 is 1.50 bits per heavy atom. The first kappa shape index (κ1) is 14.6. The Hall–Kier alpha value is -1.85. The zero-order valence-corrected chi connectivity index (χ0v) is 12.0. The van der Waals surface area contributed by atoms with E-state index in [4.69, 9.17) is 5.11 Å². The van der Waals surface area contributed by atoms with Crippen molar-refractivity contribution in [2.75, 3.05) is 23.3 Å². The Balaban J connectivity index is 1.99. The van der Waals surface area contributed by atoms with Crippen LogP contribution in [0.4, 0.5) is 11.6 Å². The van der Waals surface area contributed by atoms with Gasteiger partial charge in [0.25, 0.3) is 0 Å². The molecule has 6 heteroatoms. The number of aliphatic carboxylic acids is 1. The minimum atomic E-state index is -0.688. The van der Waals surface area contributed by atoms with Crippen molar-refractivity contribution in [2.24, 2.45) is 5.92 Å². The minimum absolute atomic E-state index is 0.217. The topological polar surface area (TPSA) is 78.4 Å². The summed E-state index contributed by atoms with van der Waals surface area (Å²) in [7, 11) is 0. The van der Waals surface area contributed by atoms with Crippen LogP contribution in [0.5, 0.6) is 0 Å². The maximum Gasteiger partial charge on any atom is 0.306 e. The van der Waals surface area contributed by atoms with E-state index in [-0.39, 0.29) is 5.92 Å². The molecule has 1 fully saturated rings. The van der Waals surface area contributed by atoms with E-state index in [9.17, 15) is 4.79 Å². The van der Waals surface area contributed by atoms with Crippen LogP contribution in [-0.4, -0.2) is 40.2 Å². The van der Waals surface area contributed by atoms with Gasteiger partial charge in [-0.15, -0.1) is 0 Å². The molecule has 2 heterocycles. The van der Waals surface area contributed by atoms with Gasteiger partial charge >= 0.3 is 5.97 Å². The number of hydrogen-bond donors (Lipinski definition) is 2. The van der Waals surface area contributed by atoms with Gasteiger partial charge in [0.15, 0.2) is 0 Å². The van der Waals surface area contributed by atoms with E-state index in [0.29, 0.717) is 18.9 Å². The number of rotatable bonds is 5. The summed E-state index contributed by atoms with van der Waals surface area (Å²) in [6.45, 7) is 5.70. The molecule has 1 saturated heterocycles. The number of piperidine rings is 1. The van der Waals surface area contributed by atoms with E-state index >= 15 is 0 Å². The van der Waals surface area contributed by atoms with Gasteiger partial charge in [-0.05, 0) is 26.2 Å². The van der Waals surface area contributed by atoms with E-state index in [1.54, 1.807) is 6.33 Å². The first-order valence-corrected chi connectivity index (χ1v) is 7.16. The Labute approximate surface area is 119 Å². The highest BCUT2D eigenvalue weighted by Gasteiger charge is 2.25. The summed E-state index contributed by atoms with van der Waals surface area (Å²) in [5, 5.41) is 12.3. The van der Waals surface area contributed by atoms with Crippen molar-refractivity contribution in [3.05, 3.63) is 12.4 Å². The number of aromatic nitrogens is 2. The first-order valence-electron chi connectivity index (χ1n) is 7.16. The largest absolute Gasteiger partial charge is 0.481 e.